The first-order valence-corrected chi connectivity index (χ1v) is 26.3. The highest BCUT2D eigenvalue weighted by molar-refractivity contribution is 6.32. The standard InChI is InChI=1S/C26H27ClF3N3O4.C16H7ClF8O3.C16H21N3O2.ClH/c1-15(35)24-32-22(14-33(24)3)18-6-4-17(5-7-18)12-20(10-11-34)31-25(36)19-8-9-23(21(27)13-19)37-16(2)26(28,29)30;1-5(16(23,24)25)27-8-3-2-6(4-7(8)17)15(26)28-14-12(21)10(19)9(18)11(20)13(14)22;1-11(21)16-18-15(10-19(16)2)13-5-3-12(4-6-13)9-14(17)7-8-20;/h4-9,13-14,16,20,34H,10-12H2,1-3H3,(H,31,36);2-5H,1H3;3-6,10,14,20H,7-9,17H2,1-2H3;1H/t16?,20-;;14-;/m1.1./s1. The molecule has 0 bridgehead atoms. The summed E-state index contributed by atoms with van der Waals surface area (Å²) in [5.74, 6) is -15.8. The molecular weight excluding hydrogens is 1240 g/mol. The summed E-state index contributed by atoms with van der Waals surface area (Å²) >= 11 is 11.7. The SMILES string of the molecule is CC(=O)c1nc(-c2ccc(C[C@@H](CCO)NC(=O)c3ccc(OC(C)C(F)(F)F)c(Cl)c3)cc2)cn1C.CC(=O)c1nc(-c2ccc(C[C@H](N)CCO)cc2)cn1C.CC(Oc1ccc(C(=O)Oc2c(F)c(F)c(F)c(F)c2F)cc1Cl)C(F)(F)F.Cl. The van der Waals surface area contributed by atoms with Gasteiger partial charge in [0.05, 0.1) is 27.0 Å². The van der Waals surface area contributed by atoms with Crippen molar-refractivity contribution in [3.63, 3.8) is 0 Å². The van der Waals surface area contributed by atoms with Gasteiger partial charge in [-0.2, -0.15) is 35.1 Å². The summed E-state index contributed by atoms with van der Waals surface area (Å²) in [5, 5.41) is 20.5. The van der Waals surface area contributed by atoms with Crippen LogP contribution in [0.1, 0.15) is 93.6 Å². The molecular formula is C58H56Cl3F11N6O9. The highest BCUT2D eigenvalue weighted by Crippen LogP contribution is 2.34. The maximum Gasteiger partial charge on any atom is 0.425 e. The first-order chi connectivity index (χ1) is 40.2. The Bertz CT molecular complexity index is 3500. The second kappa shape index (κ2) is 31.3. The Morgan fingerprint density at radius 1 is 0.609 bits per heavy atom. The van der Waals surface area contributed by atoms with Gasteiger partial charge in [-0.3, -0.25) is 14.4 Å². The monoisotopic (exact) mass is 1290 g/mol. The Morgan fingerprint density at radius 3 is 1.38 bits per heavy atom. The van der Waals surface area contributed by atoms with Gasteiger partial charge in [0.25, 0.3) is 5.91 Å². The zero-order chi connectivity index (χ0) is 64.1. The third kappa shape index (κ3) is 19.7. The molecule has 1 amide bonds. The largest absolute Gasteiger partial charge is 0.480 e. The number of hydrogen-bond acceptors (Lipinski definition) is 12. The molecule has 5 aromatic carbocycles. The van der Waals surface area contributed by atoms with Crippen LogP contribution < -0.4 is 25.3 Å². The minimum atomic E-state index is -4.70. The number of alkyl halides is 6. The molecule has 7 rings (SSSR count). The number of ketones is 2. The van der Waals surface area contributed by atoms with Crippen molar-refractivity contribution in [2.24, 2.45) is 19.8 Å². The number of benzene rings is 5. The molecule has 5 N–H and O–H groups in total. The van der Waals surface area contributed by atoms with E-state index in [2.05, 4.69) is 24.8 Å². The third-order valence-electron chi connectivity index (χ3n) is 12.4. The fraction of sp³-hybridized carbons (Fsp3) is 0.310. The van der Waals surface area contributed by atoms with Gasteiger partial charge in [0.2, 0.25) is 34.8 Å². The third-order valence-corrected chi connectivity index (χ3v) is 13.0. The maximum atomic E-state index is 13.5. The molecule has 2 heterocycles. The van der Waals surface area contributed by atoms with Crippen molar-refractivity contribution in [3.05, 3.63) is 170 Å². The van der Waals surface area contributed by atoms with E-state index in [9.17, 15) is 72.6 Å². The van der Waals surface area contributed by atoms with Crippen LogP contribution in [-0.4, -0.2) is 103 Å². The number of aliphatic hydroxyl groups is 2. The van der Waals surface area contributed by atoms with Crippen molar-refractivity contribution < 1.29 is 91.9 Å². The highest BCUT2D eigenvalue weighted by Gasteiger charge is 2.39. The summed E-state index contributed by atoms with van der Waals surface area (Å²) in [6, 6.07) is 21.2. The van der Waals surface area contributed by atoms with Gasteiger partial charge in [-0.15, -0.1) is 12.4 Å². The number of Topliss-reactive ketones (excluding diaryl/α,β-unsaturated/α-hetero) is 2. The van der Waals surface area contributed by atoms with Gasteiger partial charge in [-0.25, -0.2) is 27.9 Å². The molecule has 0 radical (unpaired) electrons. The summed E-state index contributed by atoms with van der Waals surface area (Å²) in [7, 11) is 3.57. The summed E-state index contributed by atoms with van der Waals surface area (Å²) < 4.78 is 159. The van der Waals surface area contributed by atoms with E-state index in [0.29, 0.717) is 37.1 Å². The Hall–Kier alpha value is -7.62. The minimum absolute atomic E-state index is 0. The zero-order valence-electron chi connectivity index (χ0n) is 46.7. The number of nitrogens with one attached hydrogen (secondary N) is 1. The van der Waals surface area contributed by atoms with Gasteiger partial charge in [0.1, 0.15) is 11.5 Å². The Kier molecular flexibility index (Phi) is 25.9. The zero-order valence-corrected chi connectivity index (χ0v) is 49.1. The number of nitrogens with two attached hydrogens (primary N) is 1. The number of nitrogens with zero attached hydrogens (tertiary/aromatic N) is 4. The molecule has 0 saturated heterocycles. The maximum absolute atomic E-state index is 13.5. The molecule has 0 aliphatic heterocycles. The molecule has 0 saturated carbocycles. The number of carbonyl (C=O) groups is 4. The number of ether oxygens (including phenoxy) is 3. The number of aliphatic hydroxyl groups excluding tert-OH is 2. The van der Waals surface area contributed by atoms with Crippen LogP contribution in [0.4, 0.5) is 48.3 Å². The van der Waals surface area contributed by atoms with Crippen molar-refractivity contribution in [2.45, 2.75) is 90.0 Å². The van der Waals surface area contributed by atoms with Crippen molar-refractivity contribution in [3.8, 4) is 39.8 Å². The fourth-order valence-electron chi connectivity index (χ4n) is 7.79. The van der Waals surface area contributed by atoms with Crippen LogP contribution in [0.15, 0.2) is 97.3 Å². The van der Waals surface area contributed by atoms with Gasteiger partial charge in [0.15, 0.2) is 35.4 Å². The summed E-state index contributed by atoms with van der Waals surface area (Å²) in [6.07, 6.45) is -7.88. The van der Waals surface area contributed by atoms with Crippen LogP contribution in [0.3, 0.4) is 0 Å². The second-order valence-corrected chi connectivity index (χ2v) is 20.0. The van der Waals surface area contributed by atoms with E-state index in [-0.39, 0.29) is 66.0 Å². The van der Waals surface area contributed by atoms with Crippen LogP contribution in [-0.2, 0) is 26.9 Å². The molecule has 0 aliphatic carbocycles. The highest BCUT2D eigenvalue weighted by atomic mass is 35.5. The van der Waals surface area contributed by atoms with Crippen molar-refractivity contribution >= 4 is 59.1 Å². The van der Waals surface area contributed by atoms with Crippen LogP contribution in [0.25, 0.3) is 22.5 Å². The molecule has 15 nitrogen and oxygen atoms in total. The average molecular weight is 1300 g/mol. The number of imidazole rings is 2. The molecule has 0 spiro atoms. The van der Waals surface area contributed by atoms with E-state index < -0.39 is 93.7 Å². The predicted molar refractivity (Wildman–Crippen MR) is 301 cm³/mol. The van der Waals surface area contributed by atoms with Gasteiger partial charge >= 0.3 is 18.3 Å². The number of rotatable bonds is 20. The van der Waals surface area contributed by atoms with E-state index >= 15 is 0 Å². The molecule has 0 aliphatic rings. The van der Waals surface area contributed by atoms with Crippen molar-refractivity contribution in [2.75, 3.05) is 13.2 Å². The average Bonchev–Trinajstić information content (AvgIpc) is 1.85. The molecule has 2 unspecified atom stereocenters. The molecule has 7 aromatic rings. The lowest BCUT2D eigenvalue weighted by Crippen LogP contribution is -2.37. The van der Waals surface area contributed by atoms with Crippen molar-refractivity contribution in [1.82, 2.24) is 24.4 Å². The molecule has 470 valence electrons. The Balaban J connectivity index is 0.000000289. The van der Waals surface area contributed by atoms with E-state index in [1.807, 2.05) is 61.8 Å². The van der Waals surface area contributed by atoms with Crippen LogP contribution >= 0.6 is 35.6 Å². The smallest absolute Gasteiger partial charge is 0.425 e. The number of amides is 1. The molecule has 87 heavy (non-hydrogen) atoms. The lowest BCUT2D eigenvalue weighted by Gasteiger charge is -2.20. The number of carbonyl (C=O) groups excluding carboxylic acids is 4. The van der Waals surface area contributed by atoms with E-state index in [1.54, 1.807) is 22.4 Å². The summed E-state index contributed by atoms with van der Waals surface area (Å²) in [5.41, 5.74) is 10.8. The Labute approximate surface area is 506 Å². The van der Waals surface area contributed by atoms with Crippen LogP contribution in [0.2, 0.25) is 10.0 Å². The number of esters is 1. The number of aryl methyl sites for hydroxylation is 2. The quantitative estimate of drug-likeness (QED) is 0.0140. The number of halogens is 14. The van der Waals surface area contributed by atoms with Gasteiger partial charge in [-0.05, 0) is 87.1 Å². The molecule has 29 heteroatoms. The number of hydrogen-bond donors (Lipinski definition) is 4. The van der Waals surface area contributed by atoms with Gasteiger partial charge < -0.3 is 44.6 Å². The van der Waals surface area contributed by atoms with Gasteiger partial charge in [0, 0.05) is 82.3 Å². The first-order valence-electron chi connectivity index (χ1n) is 25.6. The Morgan fingerprint density at radius 2 is 1.00 bits per heavy atom. The fourth-order valence-corrected chi connectivity index (χ4v) is 8.25. The minimum Gasteiger partial charge on any atom is -0.480 e. The van der Waals surface area contributed by atoms with Crippen LogP contribution in [0, 0.1) is 29.1 Å². The second-order valence-electron chi connectivity index (χ2n) is 19.2. The van der Waals surface area contributed by atoms with Gasteiger partial charge in [-0.1, -0.05) is 71.7 Å². The van der Waals surface area contributed by atoms with E-state index in [1.165, 1.54) is 32.0 Å². The predicted octanol–water partition coefficient (Wildman–Crippen LogP) is 12.5. The summed E-state index contributed by atoms with van der Waals surface area (Å²) in [4.78, 5) is 56.5. The molecule has 4 atom stereocenters. The first kappa shape index (κ1) is 71.9. The molecule has 2 aromatic heterocycles. The van der Waals surface area contributed by atoms with Crippen molar-refractivity contribution in [1.29, 1.82) is 0 Å². The van der Waals surface area contributed by atoms with E-state index in [0.717, 1.165) is 59.5 Å². The lowest BCUT2D eigenvalue weighted by atomic mass is 10.0. The topological polar surface area (TPSA) is 210 Å². The summed E-state index contributed by atoms with van der Waals surface area (Å²) in [6.45, 7) is 4.48. The molecule has 0 fully saturated rings. The van der Waals surface area contributed by atoms with Crippen LogP contribution in [0.5, 0.6) is 17.2 Å². The lowest BCUT2D eigenvalue weighted by molar-refractivity contribution is -0.189. The number of aromatic nitrogens is 4. The normalized spacial score (nSPS) is 12.7. The van der Waals surface area contributed by atoms with E-state index in [4.69, 9.17) is 38.8 Å².